The Kier molecular flexibility index (Phi) is 5.62. The van der Waals surface area contributed by atoms with Gasteiger partial charge in [-0.25, -0.2) is 13.4 Å². The molecule has 0 spiro atoms. The number of anilines is 1. The number of pyridine rings is 1. The molecule has 0 amide bonds. The van der Waals surface area contributed by atoms with Crippen LogP contribution in [-0.2, 0) is 10.0 Å². The fourth-order valence-corrected chi connectivity index (χ4v) is 4.85. The van der Waals surface area contributed by atoms with Crippen LogP contribution in [0.4, 0.5) is 5.82 Å². The molecule has 2 aliphatic heterocycles. The molecule has 2 aromatic rings. The van der Waals surface area contributed by atoms with E-state index in [4.69, 9.17) is 9.47 Å². The average Bonchev–Trinajstić information content (AvgIpc) is 2.74. The Morgan fingerprint density at radius 3 is 2.52 bits per heavy atom. The van der Waals surface area contributed by atoms with E-state index in [0.717, 1.165) is 24.6 Å². The van der Waals surface area contributed by atoms with E-state index in [1.807, 2.05) is 43.3 Å². The zero-order chi connectivity index (χ0) is 20.4. The minimum absolute atomic E-state index is 0.134. The Morgan fingerprint density at radius 2 is 1.83 bits per heavy atom. The van der Waals surface area contributed by atoms with Crippen molar-refractivity contribution in [3.8, 4) is 11.5 Å². The molecule has 0 saturated carbocycles. The number of ether oxygens (including phenoxy) is 2. The fourth-order valence-electron chi connectivity index (χ4n) is 3.48. The van der Waals surface area contributed by atoms with Gasteiger partial charge in [0.05, 0.1) is 6.54 Å². The zero-order valence-corrected chi connectivity index (χ0v) is 17.5. The molecule has 156 valence electrons. The number of nitrogens with zero attached hydrogens (tertiary/aromatic N) is 4. The van der Waals surface area contributed by atoms with E-state index >= 15 is 0 Å². The molecule has 3 heterocycles. The quantitative estimate of drug-likeness (QED) is 0.724. The van der Waals surface area contributed by atoms with Crippen LogP contribution < -0.4 is 14.4 Å². The Balaban J connectivity index is 1.40. The molecule has 2 aliphatic rings. The summed E-state index contributed by atoms with van der Waals surface area (Å²) in [6, 6.07) is 11.0. The number of hydrogen-bond acceptors (Lipinski definition) is 7. The van der Waals surface area contributed by atoms with Crippen molar-refractivity contribution in [2.45, 2.75) is 11.0 Å². The van der Waals surface area contributed by atoms with Crippen molar-refractivity contribution in [2.75, 3.05) is 58.3 Å². The maximum Gasteiger partial charge on any atom is 0.244 e. The molecule has 1 atom stereocenters. The third-order valence-electron chi connectivity index (χ3n) is 5.26. The monoisotopic (exact) mass is 418 g/mol. The molecule has 4 rings (SSSR count). The molecule has 0 radical (unpaired) electrons. The smallest absolute Gasteiger partial charge is 0.244 e. The topological polar surface area (TPSA) is 75.2 Å². The van der Waals surface area contributed by atoms with Gasteiger partial charge in [-0.15, -0.1) is 0 Å². The molecular weight excluding hydrogens is 392 g/mol. The molecule has 0 bridgehead atoms. The minimum Gasteiger partial charge on any atom is -0.486 e. The molecule has 29 heavy (non-hydrogen) atoms. The van der Waals surface area contributed by atoms with Gasteiger partial charge in [-0.2, -0.15) is 4.31 Å². The van der Waals surface area contributed by atoms with E-state index < -0.39 is 10.0 Å². The summed E-state index contributed by atoms with van der Waals surface area (Å²) in [5.41, 5.74) is 0. The van der Waals surface area contributed by atoms with Gasteiger partial charge in [-0.3, -0.25) is 0 Å². The molecule has 9 heteroatoms. The Bertz CT molecular complexity index is 943. The number of hydrogen-bond donors (Lipinski definition) is 0. The lowest BCUT2D eigenvalue weighted by Crippen LogP contribution is -2.47. The van der Waals surface area contributed by atoms with Crippen molar-refractivity contribution in [3.63, 3.8) is 0 Å². The van der Waals surface area contributed by atoms with Crippen molar-refractivity contribution in [1.29, 1.82) is 0 Å². The predicted molar refractivity (Wildman–Crippen MR) is 110 cm³/mol. The second-order valence-electron chi connectivity index (χ2n) is 7.44. The summed E-state index contributed by atoms with van der Waals surface area (Å²) < 4.78 is 38.9. The van der Waals surface area contributed by atoms with Crippen LogP contribution >= 0.6 is 0 Å². The van der Waals surface area contributed by atoms with Crippen LogP contribution in [0.5, 0.6) is 11.5 Å². The van der Waals surface area contributed by atoms with Crippen molar-refractivity contribution >= 4 is 15.8 Å². The largest absolute Gasteiger partial charge is 0.486 e. The van der Waals surface area contributed by atoms with E-state index in [-0.39, 0.29) is 11.0 Å². The number of aromatic nitrogens is 1. The molecular formula is C20H26N4O4S. The first kappa shape index (κ1) is 19.9. The van der Waals surface area contributed by atoms with E-state index in [1.165, 1.54) is 10.5 Å². The number of sulfonamides is 1. The molecule has 1 saturated heterocycles. The van der Waals surface area contributed by atoms with E-state index in [0.29, 0.717) is 32.1 Å². The second-order valence-corrected chi connectivity index (χ2v) is 9.38. The van der Waals surface area contributed by atoms with Crippen molar-refractivity contribution in [1.82, 2.24) is 14.2 Å². The lowest BCUT2D eigenvalue weighted by Gasteiger charge is -2.31. The first-order chi connectivity index (χ1) is 13.9. The van der Waals surface area contributed by atoms with E-state index in [9.17, 15) is 8.42 Å². The molecule has 0 unspecified atom stereocenters. The molecule has 1 aromatic carbocycles. The van der Waals surface area contributed by atoms with Crippen LogP contribution in [0.25, 0.3) is 0 Å². The number of likely N-dealkylation sites (N-methyl/N-ethyl adjacent to an activating group) is 2. The summed E-state index contributed by atoms with van der Waals surface area (Å²) >= 11 is 0. The third kappa shape index (κ3) is 4.31. The van der Waals surface area contributed by atoms with Crippen molar-refractivity contribution in [2.24, 2.45) is 0 Å². The number of piperazine rings is 1. The van der Waals surface area contributed by atoms with Gasteiger partial charge >= 0.3 is 0 Å². The molecule has 1 fully saturated rings. The summed E-state index contributed by atoms with van der Waals surface area (Å²) in [4.78, 5) is 8.67. The summed E-state index contributed by atoms with van der Waals surface area (Å²) in [5.74, 6) is 2.17. The SMILES string of the molecule is CN1CCN(S(=O)(=O)c2ccc(N(C)C[C@H]3COc4ccccc4O3)nc2)CC1. The first-order valence-electron chi connectivity index (χ1n) is 9.68. The number of fused-ring (bicyclic) bond motifs is 1. The third-order valence-corrected chi connectivity index (χ3v) is 7.14. The normalized spacial score (nSPS) is 20.4. The van der Waals surface area contributed by atoms with Gasteiger partial charge in [0, 0.05) is 39.4 Å². The van der Waals surface area contributed by atoms with Gasteiger partial charge in [0.1, 0.15) is 17.3 Å². The lowest BCUT2D eigenvalue weighted by molar-refractivity contribution is 0.0959. The molecule has 1 aromatic heterocycles. The van der Waals surface area contributed by atoms with Crippen molar-refractivity contribution in [3.05, 3.63) is 42.6 Å². The van der Waals surface area contributed by atoms with Gasteiger partial charge in [0.25, 0.3) is 0 Å². The lowest BCUT2D eigenvalue weighted by atomic mass is 10.2. The number of para-hydroxylation sites is 2. The molecule has 0 aliphatic carbocycles. The Hall–Kier alpha value is -2.36. The molecule has 8 nitrogen and oxygen atoms in total. The minimum atomic E-state index is -3.51. The van der Waals surface area contributed by atoms with Gasteiger partial charge in [-0.05, 0) is 31.3 Å². The maximum absolute atomic E-state index is 12.8. The number of rotatable bonds is 5. The van der Waals surface area contributed by atoms with Gasteiger partial charge in [0.15, 0.2) is 17.6 Å². The Morgan fingerprint density at radius 1 is 1.10 bits per heavy atom. The van der Waals surface area contributed by atoms with Crippen LogP contribution in [0.3, 0.4) is 0 Å². The maximum atomic E-state index is 12.8. The average molecular weight is 419 g/mol. The highest BCUT2D eigenvalue weighted by Crippen LogP contribution is 2.31. The van der Waals surface area contributed by atoms with Crippen LogP contribution in [0.1, 0.15) is 0 Å². The highest BCUT2D eigenvalue weighted by Gasteiger charge is 2.28. The van der Waals surface area contributed by atoms with E-state index in [1.54, 1.807) is 12.1 Å². The molecule has 0 N–H and O–H groups in total. The summed E-state index contributed by atoms with van der Waals surface area (Å²) in [6.07, 6.45) is 1.30. The zero-order valence-electron chi connectivity index (χ0n) is 16.7. The van der Waals surface area contributed by atoms with E-state index in [2.05, 4.69) is 9.88 Å². The van der Waals surface area contributed by atoms with Gasteiger partial charge in [0.2, 0.25) is 10.0 Å². The summed E-state index contributed by atoms with van der Waals surface area (Å²) in [6.45, 7) is 3.51. The highest BCUT2D eigenvalue weighted by molar-refractivity contribution is 7.89. The fraction of sp³-hybridized carbons (Fsp3) is 0.450. The predicted octanol–water partition coefficient (Wildman–Crippen LogP) is 1.29. The summed E-state index contributed by atoms with van der Waals surface area (Å²) in [7, 11) is 0.392. The summed E-state index contributed by atoms with van der Waals surface area (Å²) in [5, 5.41) is 0. The highest BCUT2D eigenvalue weighted by atomic mass is 32.2. The second kappa shape index (κ2) is 8.17. The van der Waals surface area contributed by atoms with Crippen LogP contribution in [0.15, 0.2) is 47.5 Å². The van der Waals surface area contributed by atoms with Gasteiger partial charge < -0.3 is 19.3 Å². The van der Waals surface area contributed by atoms with Gasteiger partial charge in [-0.1, -0.05) is 12.1 Å². The van der Waals surface area contributed by atoms with Crippen LogP contribution in [0, 0.1) is 0 Å². The van der Waals surface area contributed by atoms with Crippen LogP contribution in [0.2, 0.25) is 0 Å². The Labute approximate surface area is 171 Å². The van der Waals surface area contributed by atoms with Crippen molar-refractivity contribution < 1.29 is 17.9 Å². The number of benzene rings is 1. The van der Waals surface area contributed by atoms with Crippen LogP contribution in [-0.4, -0.2) is 82.1 Å². The standard InChI is InChI=1S/C20H26N4O4S/c1-22-9-11-24(12-10-22)29(25,26)17-7-8-20(21-13-17)23(2)14-16-15-27-18-5-3-4-6-19(18)28-16/h3-8,13,16H,9-12,14-15H2,1-2H3/t16-/m0/s1. The first-order valence-corrected chi connectivity index (χ1v) is 11.1.